The monoisotopic (exact) mass is 277 g/mol. The number of Topliss-reactive ketones (excluding diaryl/α,β-unsaturated/α-hetero) is 1. The Morgan fingerprint density at radius 2 is 1.90 bits per heavy atom. The third-order valence-electron chi connectivity index (χ3n) is 3.57. The minimum atomic E-state index is 0.0105. The lowest BCUT2D eigenvalue weighted by Gasteiger charge is -2.19. The molecule has 110 valence electrons. The third kappa shape index (κ3) is 3.73. The van der Waals surface area contributed by atoms with Crippen LogP contribution in [0.3, 0.4) is 0 Å². The Morgan fingerprint density at radius 1 is 1.20 bits per heavy atom. The molecule has 1 aliphatic heterocycles. The summed E-state index contributed by atoms with van der Waals surface area (Å²) in [5, 5.41) is 0. The molecule has 0 spiro atoms. The quantitative estimate of drug-likeness (QED) is 0.812. The van der Waals surface area contributed by atoms with Crippen LogP contribution in [0.2, 0.25) is 0 Å². The van der Waals surface area contributed by atoms with Crippen molar-refractivity contribution in [3.63, 3.8) is 0 Å². The molecule has 0 fully saturated rings. The summed E-state index contributed by atoms with van der Waals surface area (Å²) in [4.78, 5) is 12.4. The summed E-state index contributed by atoms with van der Waals surface area (Å²) in [5.41, 5.74) is 6.42. The number of hydrogen-bond donors (Lipinski definition) is 1. The number of ether oxygens (including phenoxy) is 2. The van der Waals surface area contributed by atoms with Crippen molar-refractivity contribution >= 4 is 5.78 Å². The molecule has 0 saturated heterocycles. The SMILES string of the molecule is CC(N)CCCC(C)C(=O)c1ccc2c(c1)OCCO2. The van der Waals surface area contributed by atoms with Crippen LogP contribution in [0.4, 0.5) is 0 Å². The number of benzene rings is 1. The maximum atomic E-state index is 12.4. The van der Waals surface area contributed by atoms with Crippen LogP contribution in [0.5, 0.6) is 11.5 Å². The highest BCUT2D eigenvalue weighted by Gasteiger charge is 2.19. The molecule has 4 nitrogen and oxygen atoms in total. The maximum absolute atomic E-state index is 12.4. The predicted octanol–water partition coefficient (Wildman–Crippen LogP) is 2.79. The van der Waals surface area contributed by atoms with Gasteiger partial charge in [0.15, 0.2) is 17.3 Å². The van der Waals surface area contributed by atoms with E-state index in [1.807, 2.05) is 26.0 Å². The van der Waals surface area contributed by atoms with E-state index in [0.717, 1.165) is 25.0 Å². The number of fused-ring (bicyclic) bond motifs is 1. The zero-order valence-electron chi connectivity index (χ0n) is 12.2. The number of rotatable bonds is 6. The lowest BCUT2D eigenvalue weighted by molar-refractivity contribution is 0.0921. The first kappa shape index (κ1) is 14.9. The Kier molecular flexibility index (Phi) is 5.01. The minimum Gasteiger partial charge on any atom is -0.486 e. The van der Waals surface area contributed by atoms with Gasteiger partial charge in [0.1, 0.15) is 13.2 Å². The lowest BCUT2D eigenvalue weighted by atomic mass is 9.93. The van der Waals surface area contributed by atoms with Crippen molar-refractivity contribution < 1.29 is 14.3 Å². The molecule has 0 aliphatic carbocycles. The summed E-state index contributed by atoms with van der Waals surface area (Å²) in [6, 6.07) is 5.62. The third-order valence-corrected chi connectivity index (χ3v) is 3.57. The van der Waals surface area contributed by atoms with Crippen LogP contribution in [0.15, 0.2) is 18.2 Å². The number of carbonyl (C=O) groups excluding carboxylic acids is 1. The predicted molar refractivity (Wildman–Crippen MR) is 78.4 cm³/mol. The molecule has 2 atom stereocenters. The van der Waals surface area contributed by atoms with Gasteiger partial charge in [-0.3, -0.25) is 4.79 Å². The first-order chi connectivity index (χ1) is 9.58. The summed E-state index contributed by atoms with van der Waals surface area (Å²) in [6.45, 7) is 5.07. The van der Waals surface area contributed by atoms with Gasteiger partial charge in [0, 0.05) is 17.5 Å². The van der Waals surface area contributed by atoms with Crippen molar-refractivity contribution in [2.45, 2.75) is 39.2 Å². The van der Waals surface area contributed by atoms with Gasteiger partial charge in [-0.25, -0.2) is 0 Å². The van der Waals surface area contributed by atoms with E-state index in [9.17, 15) is 4.79 Å². The van der Waals surface area contributed by atoms with Crippen LogP contribution in [-0.2, 0) is 0 Å². The van der Waals surface area contributed by atoms with E-state index in [1.54, 1.807) is 6.07 Å². The summed E-state index contributed by atoms with van der Waals surface area (Å²) < 4.78 is 11.0. The Labute approximate surface area is 120 Å². The summed E-state index contributed by atoms with van der Waals surface area (Å²) >= 11 is 0. The highest BCUT2D eigenvalue weighted by molar-refractivity contribution is 5.98. The number of hydrogen-bond acceptors (Lipinski definition) is 4. The van der Waals surface area contributed by atoms with E-state index in [0.29, 0.717) is 24.5 Å². The van der Waals surface area contributed by atoms with Gasteiger partial charge in [0.2, 0.25) is 0 Å². The number of nitrogens with two attached hydrogens (primary N) is 1. The maximum Gasteiger partial charge on any atom is 0.165 e. The Balaban J connectivity index is 1.98. The first-order valence-electron chi connectivity index (χ1n) is 7.27. The van der Waals surface area contributed by atoms with Crippen LogP contribution >= 0.6 is 0 Å². The van der Waals surface area contributed by atoms with Crippen LogP contribution in [-0.4, -0.2) is 25.0 Å². The highest BCUT2D eigenvalue weighted by Crippen LogP contribution is 2.31. The zero-order valence-corrected chi connectivity index (χ0v) is 12.2. The van der Waals surface area contributed by atoms with Crippen LogP contribution in [0, 0.1) is 5.92 Å². The number of ketones is 1. The smallest absolute Gasteiger partial charge is 0.165 e. The molecule has 0 radical (unpaired) electrons. The van der Waals surface area contributed by atoms with E-state index < -0.39 is 0 Å². The van der Waals surface area contributed by atoms with Gasteiger partial charge < -0.3 is 15.2 Å². The van der Waals surface area contributed by atoms with Gasteiger partial charge in [0.25, 0.3) is 0 Å². The summed E-state index contributed by atoms with van der Waals surface area (Å²) in [6.07, 6.45) is 2.81. The van der Waals surface area contributed by atoms with Gasteiger partial charge in [-0.05, 0) is 38.0 Å². The summed E-state index contributed by atoms with van der Waals surface area (Å²) in [7, 11) is 0. The fourth-order valence-corrected chi connectivity index (χ4v) is 2.36. The minimum absolute atomic E-state index is 0.0105. The van der Waals surface area contributed by atoms with Crippen molar-refractivity contribution in [3.05, 3.63) is 23.8 Å². The molecule has 0 saturated carbocycles. The van der Waals surface area contributed by atoms with Gasteiger partial charge >= 0.3 is 0 Å². The molecule has 2 unspecified atom stereocenters. The van der Waals surface area contributed by atoms with Crippen LogP contribution < -0.4 is 15.2 Å². The fourth-order valence-electron chi connectivity index (χ4n) is 2.36. The Morgan fingerprint density at radius 3 is 2.60 bits per heavy atom. The first-order valence-corrected chi connectivity index (χ1v) is 7.27. The van der Waals surface area contributed by atoms with Gasteiger partial charge in [-0.2, -0.15) is 0 Å². The zero-order chi connectivity index (χ0) is 14.5. The molecule has 4 heteroatoms. The van der Waals surface area contributed by atoms with Crippen LogP contribution in [0.25, 0.3) is 0 Å². The van der Waals surface area contributed by atoms with Crippen molar-refractivity contribution in [3.8, 4) is 11.5 Å². The molecule has 2 rings (SSSR count). The van der Waals surface area contributed by atoms with E-state index in [2.05, 4.69) is 0 Å². The second-order valence-electron chi connectivity index (χ2n) is 5.53. The largest absolute Gasteiger partial charge is 0.486 e. The molecule has 0 amide bonds. The van der Waals surface area contributed by atoms with E-state index in [4.69, 9.17) is 15.2 Å². The van der Waals surface area contributed by atoms with Crippen LogP contribution in [0.1, 0.15) is 43.5 Å². The molecular formula is C16H23NO3. The molecule has 1 aromatic rings. The topological polar surface area (TPSA) is 61.6 Å². The van der Waals surface area contributed by atoms with Crippen molar-refractivity contribution in [1.29, 1.82) is 0 Å². The van der Waals surface area contributed by atoms with Gasteiger partial charge in [-0.1, -0.05) is 13.3 Å². The second kappa shape index (κ2) is 6.75. The fraction of sp³-hybridized carbons (Fsp3) is 0.562. The van der Waals surface area contributed by atoms with Crippen molar-refractivity contribution in [1.82, 2.24) is 0 Å². The lowest BCUT2D eigenvalue weighted by Crippen LogP contribution is -2.18. The standard InChI is InChI=1S/C16H23NO3/c1-11(4-3-5-12(2)17)16(18)13-6-7-14-15(10-13)20-9-8-19-14/h6-7,10-12H,3-5,8-9,17H2,1-2H3. The molecule has 1 heterocycles. The normalized spacial score (nSPS) is 16.6. The molecular weight excluding hydrogens is 254 g/mol. The van der Waals surface area contributed by atoms with E-state index >= 15 is 0 Å². The average Bonchev–Trinajstić information content (AvgIpc) is 2.45. The molecule has 1 aromatic carbocycles. The number of carbonyl (C=O) groups is 1. The molecule has 20 heavy (non-hydrogen) atoms. The second-order valence-corrected chi connectivity index (χ2v) is 5.53. The van der Waals surface area contributed by atoms with Crippen molar-refractivity contribution in [2.24, 2.45) is 11.7 Å². The summed E-state index contributed by atoms with van der Waals surface area (Å²) in [5.74, 6) is 1.56. The van der Waals surface area contributed by atoms with Gasteiger partial charge in [-0.15, -0.1) is 0 Å². The van der Waals surface area contributed by atoms with E-state index in [-0.39, 0.29) is 17.7 Å². The average molecular weight is 277 g/mol. The van der Waals surface area contributed by atoms with E-state index in [1.165, 1.54) is 0 Å². The molecule has 1 aliphatic rings. The molecule has 0 bridgehead atoms. The molecule has 0 aromatic heterocycles. The van der Waals surface area contributed by atoms with Gasteiger partial charge in [0.05, 0.1) is 0 Å². The Hall–Kier alpha value is -1.55. The molecule has 2 N–H and O–H groups in total. The Bertz CT molecular complexity index is 471. The van der Waals surface area contributed by atoms with Crippen molar-refractivity contribution in [2.75, 3.05) is 13.2 Å². The highest BCUT2D eigenvalue weighted by atomic mass is 16.6.